The highest BCUT2D eigenvalue weighted by atomic mass is 16.4. The second-order valence-electron chi connectivity index (χ2n) is 2.52. The molecule has 4 nitrogen and oxygen atoms in total. The number of carboxylic acids is 2. The zero-order valence-corrected chi connectivity index (χ0v) is 6.68. The Hall–Kier alpha value is -1.84. The maximum atomic E-state index is 10.6. The number of carboxylic acid groups (broad SMARTS) is 2. The molecule has 0 atom stereocenters. The molecule has 2 N–H and O–H groups in total. The van der Waals surface area contributed by atoms with Gasteiger partial charge in [0.25, 0.3) is 0 Å². The smallest absolute Gasteiger partial charge is 0.322 e. The molecule has 0 saturated heterocycles. The van der Waals surface area contributed by atoms with Gasteiger partial charge in [-0.2, -0.15) is 0 Å². The first kappa shape index (κ1) is 12.2. The van der Waals surface area contributed by atoms with E-state index in [2.05, 4.69) is 0 Å². The molecule has 0 aliphatic rings. The fourth-order valence-electron chi connectivity index (χ4n) is 1.04. The van der Waals surface area contributed by atoms with E-state index in [1.807, 2.05) is 0 Å². The molecule has 14 heavy (non-hydrogen) atoms. The van der Waals surface area contributed by atoms with Crippen LogP contribution >= 0.6 is 0 Å². The van der Waals surface area contributed by atoms with Gasteiger partial charge in [0.1, 0.15) is 0 Å². The van der Waals surface area contributed by atoms with Gasteiger partial charge in [0.2, 0.25) is 0 Å². The molecule has 0 radical (unpaired) electrons. The van der Waals surface area contributed by atoms with Gasteiger partial charge in [-0.3, -0.25) is 9.59 Å². The lowest BCUT2D eigenvalue weighted by Gasteiger charge is -2.06. The van der Waals surface area contributed by atoms with Crippen LogP contribution in [0.1, 0.15) is 18.9 Å². The van der Waals surface area contributed by atoms with Crippen LogP contribution in [-0.4, -0.2) is 22.2 Å². The molecule has 0 aromatic heterocycles. The van der Waals surface area contributed by atoms with E-state index in [1.165, 1.54) is 12.1 Å². The molecule has 0 bridgehead atoms. The largest absolute Gasteiger partial charge is 0.480 e. The van der Waals surface area contributed by atoms with E-state index in [-0.39, 0.29) is 13.0 Å². The van der Waals surface area contributed by atoms with Crippen LogP contribution < -0.4 is 0 Å². The predicted octanol–water partition coefficient (Wildman–Crippen LogP) is 1.58. The summed E-state index contributed by atoms with van der Waals surface area (Å²) in [6.45, 7) is 0. The van der Waals surface area contributed by atoms with Crippen molar-refractivity contribution in [3.05, 3.63) is 35.9 Å². The Morgan fingerprint density at radius 1 is 1.00 bits per heavy atom. The maximum Gasteiger partial charge on any atom is 0.322 e. The maximum absolute atomic E-state index is 10.6. The molecule has 0 heterocycles. The first-order valence-corrected chi connectivity index (χ1v) is 3.63. The van der Waals surface area contributed by atoms with Gasteiger partial charge < -0.3 is 10.2 Å². The minimum absolute atomic E-state index is 0. The Morgan fingerprint density at radius 3 is 1.79 bits per heavy atom. The van der Waals surface area contributed by atoms with Gasteiger partial charge in [0, 0.05) is 0 Å². The van der Waals surface area contributed by atoms with Crippen molar-refractivity contribution in [3.63, 3.8) is 0 Å². The molecule has 0 fully saturated rings. The predicted molar refractivity (Wildman–Crippen MR) is 51.2 cm³/mol. The van der Waals surface area contributed by atoms with Gasteiger partial charge in [-0.25, -0.2) is 0 Å². The molecule has 1 aromatic rings. The van der Waals surface area contributed by atoms with E-state index in [4.69, 9.17) is 10.2 Å². The van der Waals surface area contributed by atoms with Crippen LogP contribution in [-0.2, 0) is 9.59 Å². The molecule has 0 saturated carbocycles. The zero-order valence-electron chi connectivity index (χ0n) is 6.68. The Labute approximate surface area is 81.8 Å². The van der Waals surface area contributed by atoms with E-state index in [9.17, 15) is 9.59 Å². The normalized spacial score (nSPS) is 9.21. The number of hydrogen-bond donors (Lipinski definition) is 2. The lowest BCUT2D eigenvalue weighted by molar-refractivity contribution is -0.150. The average molecular weight is 196 g/mol. The summed E-state index contributed by atoms with van der Waals surface area (Å²) in [7, 11) is 0. The molecule has 4 heteroatoms. The third-order valence-corrected chi connectivity index (χ3v) is 1.63. The van der Waals surface area contributed by atoms with Crippen molar-refractivity contribution in [2.75, 3.05) is 0 Å². The summed E-state index contributed by atoms with van der Waals surface area (Å²) < 4.78 is 0. The van der Waals surface area contributed by atoms with E-state index in [0.29, 0.717) is 0 Å². The second-order valence-corrected chi connectivity index (χ2v) is 2.52. The van der Waals surface area contributed by atoms with Crippen molar-refractivity contribution >= 4 is 11.9 Å². The van der Waals surface area contributed by atoms with E-state index < -0.39 is 17.9 Å². The molecular weight excluding hydrogens is 184 g/mol. The van der Waals surface area contributed by atoms with Crippen molar-refractivity contribution < 1.29 is 19.8 Å². The molecule has 76 valence electrons. The zero-order chi connectivity index (χ0) is 9.84. The minimum atomic E-state index is -1.47. The van der Waals surface area contributed by atoms with Crippen molar-refractivity contribution in [2.45, 2.75) is 13.3 Å². The van der Waals surface area contributed by atoms with Crippen molar-refractivity contribution in [1.82, 2.24) is 0 Å². The van der Waals surface area contributed by atoms with Crippen LogP contribution in [0.2, 0.25) is 0 Å². The Balaban J connectivity index is 0.00000169. The quantitative estimate of drug-likeness (QED) is 0.719. The van der Waals surface area contributed by atoms with Crippen LogP contribution in [0.5, 0.6) is 0 Å². The van der Waals surface area contributed by atoms with Crippen LogP contribution in [0.15, 0.2) is 30.3 Å². The Kier molecular flexibility index (Phi) is 4.35. The van der Waals surface area contributed by atoms with Gasteiger partial charge in [-0.1, -0.05) is 37.8 Å². The highest BCUT2D eigenvalue weighted by molar-refractivity contribution is 5.98. The molecular formula is C10H12O4. The Morgan fingerprint density at radius 2 is 1.43 bits per heavy atom. The fourth-order valence-corrected chi connectivity index (χ4v) is 1.04. The molecule has 0 aliphatic carbocycles. The average Bonchev–Trinajstić information content (AvgIpc) is 2.04. The molecule has 0 spiro atoms. The summed E-state index contributed by atoms with van der Waals surface area (Å²) in [5, 5.41) is 17.2. The number of rotatable bonds is 3. The molecule has 0 unspecified atom stereocenters. The van der Waals surface area contributed by atoms with E-state index >= 15 is 0 Å². The summed E-state index contributed by atoms with van der Waals surface area (Å²) in [4.78, 5) is 21.1. The first-order chi connectivity index (χ1) is 6.13. The number of aliphatic carboxylic acids is 2. The summed E-state index contributed by atoms with van der Waals surface area (Å²) >= 11 is 0. The highest BCUT2D eigenvalue weighted by Crippen LogP contribution is 2.15. The van der Waals surface area contributed by atoms with Gasteiger partial charge in [0.15, 0.2) is 5.92 Å². The lowest BCUT2D eigenvalue weighted by Crippen LogP contribution is -2.20. The Bertz CT molecular complexity index is 304. The van der Waals surface area contributed by atoms with Crippen LogP contribution in [0.3, 0.4) is 0 Å². The van der Waals surface area contributed by atoms with Gasteiger partial charge in [0.05, 0.1) is 0 Å². The van der Waals surface area contributed by atoms with Crippen molar-refractivity contribution in [1.29, 1.82) is 0 Å². The molecule has 1 rings (SSSR count). The van der Waals surface area contributed by atoms with E-state index in [0.717, 1.165) is 0 Å². The summed E-state index contributed by atoms with van der Waals surface area (Å²) in [6.07, 6.45) is 0. The number of benzene rings is 1. The van der Waals surface area contributed by atoms with Crippen LogP contribution in [0.25, 0.3) is 0 Å². The van der Waals surface area contributed by atoms with Crippen LogP contribution in [0, 0.1) is 0 Å². The van der Waals surface area contributed by atoms with Gasteiger partial charge in [-0.15, -0.1) is 0 Å². The van der Waals surface area contributed by atoms with E-state index in [1.54, 1.807) is 18.2 Å². The SMILES string of the molecule is C.O=C(O)C(C(=O)O)c1ccccc1. The van der Waals surface area contributed by atoms with Crippen molar-refractivity contribution in [3.8, 4) is 0 Å². The first-order valence-electron chi connectivity index (χ1n) is 3.63. The molecule has 0 amide bonds. The highest BCUT2D eigenvalue weighted by Gasteiger charge is 2.27. The second kappa shape index (κ2) is 5.01. The standard InChI is InChI=1S/C9H8O4.CH4/c10-8(11)7(9(12)13)6-4-2-1-3-5-6;/h1-5,7H,(H,10,11)(H,12,13);1H4. The monoisotopic (exact) mass is 196 g/mol. The number of hydrogen-bond acceptors (Lipinski definition) is 2. The topological polar surface area (TPSA) is 74.6 Å². The third-order valence-electron chi connectivity index (χ3n) is 1.63. The number of carbonyl (C=O) groups is 2. The van der Waals surface area contributed by atoms with Crippen LogP contribution in [0.4, 0.5) is 0 Å². The van der Waals surface area contributed by atoms with Gasteiger partial charge in [-0.05, 0) is 5.56 Å². The fraction of sp³-hybridized carbons (Fsp3) is 0.200. The third kappa shape index (κ3) is 2.58. The van der Waals surface area contributed by atoms with Crippen molar-refractivity contribution in [2.24, 2.45) is 0 Å². The lowest BCUT2D eigenvalue weighted by atomic mass is 10.00. The summed E-state index contributed by atoms with van der Waals surface area (Å²) in [5.74, 6) is -4.17. The minimum Gasteiger partial charge on any atom is -0.480 e. The molecule has 0 aliphatic heterocycles. The summed E-state index contributed by atoms with van der Waals surface area (Å²) in [6, 6.07) is 7.87. The summed E-state index contributed by atoms with van der Waals surface area (Å²) in [5.41, 5.74) is 0.280. The molecule has 1 aromatic carbocycles. The van der Waals surface area contributed by atoms with Gasteiger partial charge >= 0.3 is 11.9 Å².